The Bertz CT molecular complexity index is 724. The number of hydrogen-bond acceptors (Lipinski definition) is 3. The van der Waals surface area contributed by atoms with Crippen LogP contribution < -0.4 is 0 Å². The number of aromatic nitrogens is 1. The summed E-state index contributed by atoms with van der Waals surface area (Å²) in [6.07, 6.45) is -0.909. The number of benzene rings is 1. The molecule has 0 spiro atoms. The number of carbonyl (C=O) groups is 2. The highest BCUT2D eigenvalue weighted by molar-refractivity contribution is 9.10. The first-order chi connectivity index (χ1) is 9.54. The van der Waals surface area contributed by atoms with E-state index in [9.17, 15) is 9.59 Å². The average molecular weight is 339 g/mol. The van der Waals surface area contributed by atoms with Gasteiger partial charge in [0.1, 0.15) is 11.9 Å². The third kappa shape index (κ3) is 1.74. The van der Waals surface area contributed by atoms with Crippen molar-refractivity contribution in [3.05, 3.63) is 34.4 Å². The zero-order valence-electron chi connectivity index (χ0n) is 10.5. The molecular formula is C13H11BrN2O4. The number of carboxylic acids is 1. The van der Waals surface area contributed by atoms with Crippen molar-refractivity contribution in [3.63, 3.8) is 0 Å². The number of halogens is 1. The minimum Gasteiger partial charge on any atom is -0.481 e. The fourth-order valence-electron chi connectivity index (χ4n) is 2.60. The van der Waals surface area contributed by atoms with Crippen molar-refractivity contribution >= 4 is 38.7 Å². The van der Waals surface area contributed by atoms with Crippen LogP contribution in [0.25, 0.3) is 10.9 Å². The number of nitrogens with zero attached hydrogens (tertiary/aromatic N) is 2. The second-order valence-electron chi connectivity index (χ2n) is 4.47. The molecule has 6 nitrogen and oxygen atoms in total. The molecule has 0 fully saturated rings. The van der Waals surface area contributed by atoms with Crippen molar-refractivity contribution in [2.45, 2.75) is 12.6 Å². The van der Waals surface area contributed by atoms with E-state index in [4.69, 9.17) is 9.94 Å². The molecule has 0 aliphatic carbocycles. The van der Waals surface area contributed by atoms with Crippen molar-refractivity contribution in [1.82, 2.24) is 9.63 Å². The molecule has 2 aromatic rings. The lowest BCUT2D eigenvalue weighted by atomic mass is 10.2. The minimum atomic E-state index is -0.994. The van der Waals surface area contributed by atoms with Crippen molar-refractivity contribution in [2.24, 2.45) is 0 Å². The number of fused-ring (bicyclic) bond motifs is 3. The number of carboxylic acid groups (broad SMARTS) is 1. The second-order valence-corrected chi connectivity index (χ2v) is 5.32. The lowest BCUT2D eigenvalue weighted by molar-refractivity contribution is -0.153. The molecule has 1 N–H and O–H groups in total. The Morgan fingerprint density at radius 3 is 2.90 bits per heavy atom. The summed E-state index contributed by atoms with van der Waals surface area (Å²) in [5.74, 6) is -1.33. The van der Waals surface area contributed by atoms with Crippen LogP contribution in [-0.2, 0) is 9.63 Å². The zero-order valence-corrected chi connectivity index (χ0v) is 12.1. The van der Waals surface area contributed by atoms with E-state index >= 15 is 0 Å². The number of rotatable bonds is 3. The maximum Gasteiger partial charge on any atom is 0.307 e. The van der Waals surface area contributed by atoms with Gasteiger partial charge in [-0.25, -0.2) is 0 Å². The first-order valence-corrected chi connectivity index (χ1v) is 6.73. The Labute approximate surface area is 122 Å². The molecular weight excluding hydrogens is 328 g/mol. The van der Waals surface area contributed by atoms with Crippen LogP contribution in [0.3, 0.4) is 0 Å². The third-order valence-electron chi connectivity index (χ3n) is 3.35. The van der Waals surface area contributed by atoms with Crippen LogP contribution in [0.4, 0.5) is 0 Å². The molecule has 3 rings (SSSR count). The van der Waals surface area contributed by atoms with Gasteiger partial charge in [-0.05, 0) is 28.1 Å². The summed E-state index contributed by atoms with van der Waals surface area (Å²) < 4.78 is 2.52. The Morgan fingerprint density at radius 2 is 2.25 bits per heavy atom. The van der Waals surface area contributed by atoms with Gasteiger partial charge in [0.25, 0.3) is 5.91 Å². The Morgan fingerprint density at radius 1 is 1.50 bits per heavy atom. The van der Waals surface area contributed by atoms with Crippen molar-refractivity contribution in [2.75, 3.05) is 7.11 Å². The highest BCUT2D eigenvalue weighted by Crippen LogP contribution is 2.38. The predicted octanol–water partition coefficient (Wildman–Crippen LogP) is 2.39. The van der Waals surface area contributed by atoms with Gasteiger partial charge in [0.05, 0.1) is 19.0 Å². The smallest absolute Gasteiger partial charge is 0.307 e. The number of amides is 1. The maximum atomic E-state index is 12.3. The molecule has 20 heavy (non-hydrogen) atoms. The fourth-order valence-corrected chi connectivity index (χ4v) is 3.17. The predicted molar refractivity (Wildman–Crippen MR) is 74.1 cm³/mol. The van der Waals surface area contributed by atoms with Gasteiger partial charge in [-0.1, -0.05) is 12.1 Å². The number of para-hydroxylation sites is 1. The summed E-state index contributed by atoms with van der Waals surface area (Å²) in [4.78, 5) is 28.4. The van der Waals surface area contributed by atoms with E-state index in [1.54, 1.807) is 10.6 Å². The first-order valence-electron chi connectivity index (χ1n) is 5.93. The third-order valence-corrected chi connectivity index (χ3v) is 3.99. The van der Waals surface area contributed by atoms with E-state index in [1.165, 1.54) is 7.11 Å². The molecule has 1 amide bonds. The number of aliphatic carboxylic acids is 1. The SMILES string of the molecule is CON1C(=O)c2cc3cccc(Br)c3n2C1CC(=O)O. The Hall–Kier alpha value is -1.86. The lowest BCUT2D eigenvalue weighted by Crippen LogP contribution is -2.30. The molecule has 1 aromatic heterocycles. The Balaban J connectivity index is 2.26. The summed E-state index contributed by atoms with van der Waals surface area (Å²) in [6, 6.07) is 7.35. The van der Waals surface area contributed by atoms with Crippen LogP contribution in [0.5, 0.6) is 0 Å². The van der Waals surface area contributed by atoms with Gasteiger partial charge in [-0.15, -0.1) is 0 Å². The normalized spacial score (nSPS) is 17.8. The van der Waals surface area contributed by atoms with Gasteiger partial charge in [-0.3, -0.25) is 14.4 Å². The molecule has 0 saturated heterocycles. The van der Waals surface area contributed by atoms with Gasteiger partial charge in [-0.2, -0.15) is 5.06 Å². The topological polar surface area (TPSA) is 71.8 Å². The van der Waals surface area contributed by atoms with Gasteiger partial charge < -0.3 is 9.67 Å². The Kier molecular flexibility index (Phi) is 3.02. The van der Waals surface area contributed by atoms with Crippen LogP contribution in [0, 0.1) is 0 Å². The van der Waals surface area contributed by atoms with Crippen LogP contribution in [0.2, 0.25) is 0 Å². The van der Waals surface area contributed by atoms with E-state index in [0.29, 0.717) is 5.69 Å². The standard InChI is InChI=1S/C13H11BrN2O4/c1-20-16-10(6-11(17)18)15-9(13(16)19)5-7-3-2-4-8(14)12(7)15/h2-5,10H,6H2,1H3,(H,17,18). The van der Waals surface area contributed by atoms with Gasteiger partial charge >= 0.3 is 5.97 Å². The van der Waals surface area contributed by atoms with Crippen LogP contribution in [0.1, 0.15) is 23.1 Å². The first kappa shape index (κ1) is 13.1. The van der Waals surface area contributed by atoms with E-state index in [-0.39, 0.29) is 12.3 Å². The largest absolute Gasteiger partial charge is 0.481 e. The van der Waals surface area contributed by atoms with Gasteiger partial charge in [0, 0.05) is 9.86 Å². The van der Waals surface area contributed by atoms with E-state index in [0.717, 1.165) is 20.4 Å². The van der Waals surface area contributed by atoms with Gasteiger partial charge in [0.15, 0.2) is 0 Å². The van der Waals surface area contributed by atoms with E-state index in [2.05, 4.69) is 15.9 Å². The highest BCUT2D eigenvalue weighted by atomic mass is 79.9. The second kappa shape index (κ2) is 4.60. The lowest BCUT2D eigenvalue weighted by Gasteiger charge is -2.22. The molecule has 0 radical (unpaired) electrons. The molecule has 1 atom stereocenters. The van der Waals surface area contributed by atoms with Crippen LogP contribution in [0.15, 0.2) is 28.7 Å². The van der Waals surface area contributed by atoms with E-state index in [1.807, 2.05) is 18.2 Å². The molecule has 0 bridgehead atoms. The van der Waals surface area contributed by atoms with Crippen molar-refractivity contribution < 1.29 is 19.5 Å². The monoisotopic (exact) mass is 338 g/mol. The number of hydroxylamine groups is 2. The van der Waals surface area contributed by atoms with Gasteiger partial charge in [0.2, 0.25) is 0 Å². The molecule has 0 saturated carbocycles. The summed E-state index contributed by atoms with van der Waals surface area (Å²) in [7, 11) is 1.36. The zero-order chi connectivity index (χ0) is 14.4. The number of carbonyl (C=O) groups excluding carboxylic acids is 1. The fraction of sp³-hybridized carbons (Fsp3) is 0.231. The molecule has 7 heteroatoms. The summed E-state index contributed by atoms with van der Waals surface area (Å²) in [5.41, 5.74) is 1.22. The van der Waals surface area contributed by atoms with E-state index < -0.39 is 12.1 Å². The molecule has 1 aromatic carbocycles. The molecule has 1 unspecified atom stereocenters. The van der Waals surface area contributed by atoms with Crippen molar-refractivity contribution in [1.29, 1.82) is 0 Å². The quantitative estimate of drug-likeness (QED) is 0.932. The molecule has 1 aliphatic rings. The molecule has 1 aliphatic heterocycles. The van der Waals surface area contributed by atoms with Crippen LogP contribution >= 0.6 is 15.9 Å². The molecule has 2 heterocycles. The maximum absolute atomic E-state index is 12.3. The minimum absolute atomic E-state index is 0.225. The summed E-state index contributed by atoms with van der Waals surface area (Å²) in [6.45, 7) is 0. The van der Waals surface area contributed by atoms with Crippen molar-refractivity contribution in [3.8, 4) is 0 Å². The van der Waals surface area contributed by atoms with Crippen LogP contribution in [-0.4, -0.2) is 33.7 Å². The highest BCUT2D eigenvalue weighted by Gasteiger charge is 2.40. The molecule has 104 valence electrons. The number of hydrogen-bond donors (Lipinski definition) is 1. The summed E-state index contributed by atoms with van der Waals surface area (Å²) in [5, 5.41) is 11.0. The average Bonchev–Trinajstić information content (AvgIpc) is 2.87. The summed E-state index contributed by atoms with van der Waals surface area (Å²) >= 11 is 3.45.